The molecule has 35 heavy (non-hydrogen) atoms. The Bertz CT molecular complexity index is 1090. The van der Waals surface area contributed by atoms with Crippen molar-refractivity contribution in [1.82, 2.24) is 4.98 Å². The van der Waals surface area contributed by atoms with Crippen LogP contribution in [0.25, 0.3) is 11.3 Å². The molecule has 3 nitrogen and oxygen atoms in total. The van der Waals surface area contributed by atoms with Crippen LogP contribution in [-0.4, -0.2) is 46.7 Å². The highest BCUT2D eigenvalue weighted by molar-refractivity contribution is 7.16. The first-order valence-electron chi connectivity index (χ1n) is 8.84. The molecule has 0 aliphatic rings. The lowest BCUT2D eigenvalue weighted by atomic mass is 9.93. The van der Waals surface area contributed by atoms with E-state index >= 15 is 0 Å². The van der Waals surface area contributed by atoms with Crippen LogP contribution >= 0.6 is 11.3 Å². The molecule has 17 heteroatoms. The Labute approximate surface area is 190 Å². The molecule has 0 saturated heterocycles. The van der Waals surface area contributed by atoms with Gasteiger partial charge in [-0.2, -0.15) is 57.1 Å². The number of anilines is 1. The summed E-state index contributed by atoms with van der Waals surface area (Å²) in [5.74, 6) is -42.0. The SMILES string of the molecule is Cc1ccc(-c2nc(NC(=O)C(F)(F)C(F)(F)C(F)(F)C(F)(F)C(F)(F)C(F)(F)F)sc2C)cc1. The number of rotatable bonds is 7. The maximum absolute atomic E-state index is 13.9. The minimum absolute atomic E-state index is 0.0158. The van der Waals surface area contributed by atoms with Crippen LogP contribution in [-0.2, 0) is 4.79 Å². The second kappa shape index (κ2) is 8.51. The summed E-state index contributed by atoms with van der Waals surface area (Å²) in [6.45, 7) is 3.03. The summed E-state index contributed by atoms with van der Waals surface area (Å²) < 4.78 is 171. The number of hydrogen-bond acceptors (Lipinski definition) is 3. The molecule has 0 aliphatic carbocycles. The number of aromatic nitrogens is 1. The van der Waals surface area contributed by atoms with Crippen LogP contribution in [0.5, 0.6) is 0 Å². The molecular formula is C18H11F13N2OS. The summed E-state index contributed by atoms with van der Waals surface area (Å²) in [7, 11) is 0. The fourth-order valence-electron chi connectivity index (χ4n) is 2.52. The van der Waals surface area contributed by atoms with E-state index in [0.717, 1.165) is 10.9 Å². The molecule has 0 atom stereocenters. The average Bonchev–Trinajstić information content (AvgIpc) is 3.06. The second-order valence-corrected chi connectivity index (χ2v) is 8.32. The maximum atomic E-state index is 13.9. The standard InChI is InChI=1S/C18H11F13N2OS/c1-7-3-5-9(6-4-7)10-8(2)35-12(32-10)33-11(34)13(19,20)14(21,22)15(23,24)16(25,26)17(27,28)18(29,30)31/h3-6H,1-2H3,(H,32,33,34). The molecule has 0 unspecified atom stereocenters. The molecule has 1 heterocycles. The molecule has 1 aromatic heterocycles. The summed E-state index contributed by atoms with van der Waals surface area (Å²) >= 11 is 0.363. The summed E-state index contributed by atoms with van der Waals surface area (Å²) in [4.78, 5) is 15.5. The Morgan fingerprint density at radius 3 is 1.66 bits per heavy atom. The molecule has 1 N–H and O–H groups in total. The molecule has 1 amide bonds. The van der Waals surface area contributed by atoms with Gasteiger partial charge in [0.05, 0.1) is 5.69 Å². The summed E-state index contributed by atoms with van der Waals surface area (Å²) in [5.41, 5.74) is 1.13. The zero-order chi connectivity index (χ0) is 27.4. The number of carbonyl (C=O) groups excluding carboxylic acids is 1. The molecule has 196 valence electrons. The summed E-state index contributed by atoms with van der Waals surface area (Å²) in [6.07, 6.45) is -7.53. The first-order valence-corrected chi connectivity index (χ1v) is 9.65. The van der Waals surface area contributed by atoms with E-state index in [2.05, 4.69) is 4.98 Å². The lowest BCUT2D eigenvalue weighted by Gasteiger charge is -2.39. The van der Waals surface area contributed by atoms with E-state index < -0.39 is 46.8 Å². The van der Waals surface area contributed by atoms with Crippen molar-refractivity contribution in [2.75, 3.05) is 5.32 Å². The van der Waals surface area contributed by atoms with E-state index in [1.807, 2.05) is 0 Å². The number of nitrogens with one attached hydrogen (secondary N) is 1. The Balaban J connectivity index is 2.41. The van der Waals surface area contributed by atoms with Gasteiger partial charge in [0, 0.05) is 10.4 Å². The third kappa shape index (κ3) is 4.42. The Morgan fingerprint density at radius 1 is 0.743 bits per heavy atom. The molecule has 2 aromatic rings. The number of alkyl halides is 13. The average molecular weight is 550 g/mol. The van der Waals surface area contributed by atoms with Crippen LogP contribution in [0.2, 0.25) is 0 Å². The maximum Gasteiger partial charge on any atom is 0.460 e. The van der Waals surface area contributed by atoms with Gasteiger partial charge in [-0.1, -0.05) is 29.8 Å². The Kier molecular flexibility index (Phi) is 6.97. The normalized spacial score (nSPS) is 14.3. The minimum Gasteiger partial charge on any atom is -0.296 e. The molecule has 0 spiro atoms. The highest BCUT2D eigenvalue weighted by atomic mass is 32.1. The number of carbonyl (C=O) groups is 1. The van der Waals surface area contributed by atoms with E-state index in [9.17, 15) is 61.9 Å². The first kappa shape index (κ1) is 28.6. The Hall–Kier alpha value is -2.59. The number of nitrogens with zero attached hydrogens (tertiary/aromatic N) is 1. The van der Waals surface area contributed by atoms with Gasteiger partial charge in [0.15, 0.2) is 5.13 Å². The van der Waals surface area contributed by atoms with Crippen molar-refractivity contribution >= 4 is 22.4 Å². The lowest BCUT2D eigenvalue weighted by molar-refractivity contribution is -0.435. The van der Waals surface area contributed by atoms with Gasteiger partial charge < -0.3 is 0 Å². The van der Waals surface area contributed by atoms with Crippen LogP contribution in [0.1, 0.15) is 10.4 Å². The number of thiazole rings is 1. The second-order valence-electron chi connectivity index (χ2n) is 7.11. The smallest absolute Gasteiger partial charge is 0.296 e. The van der Waals surface area contributed by atoms with Gasteiger partial charge >= 0.3 is 41.7 Å². The van der Waals surface area contributed by atoms with E-state index in [1.165, 1.54) is 19.1 Å². The van der Waals surface area contributed by atoms with Gasteiger partial charge in [-0.15, -0.1) is 11.3 Å². The summed E-state index contributed by atoms with van der Waals surface area (Å²) in [6, 6.07) is 6.13. The van der Waals surface area contributed by atoms with Gasteiger partial charge in [-0.3, -0.25) is 10.1 Å². The van der Waals surface area contributed by atoms with Crippen molar-refractivity contribution in [1.29, 1.82) is 0 Å². The quantitative estimate of drug-likeness (QED) is 0.374. The highest BCUT2D eigenvalue weighted by Gasteiger charge is 2.91. The highest BCUT2D eigenvalue weighted by Crippen LogP contribution is 2.60. The largest absolute Gasteiger partial charge is 0.460 e. The zero-order valence-corrected chi connectivity index (χ0v) is 17.8. The van der Waals surface area contributed by atoms with E-state index in [-0.39, 0.29) is 10.6 Å². The van der Waals surface area contributed by atoms with Gasteiger partial charge in [0.25, 0.3) is 0 Å². The third-order valence-corrected chi connectivity index (χ3v) is 5.45. The molecule has 0 bridgehead atoms. The van der Waals surface area contributed by atoms with Gasteiger partial charge in [0.1, 0.15) is 0 Å². The van der Waals surface area contributed by atoms with Crippen LogP contribution in [0.4, 0.5) is 62.2 Å². The predicted molar refractivity (Wildman–Crippen MR) is 96.4 cm³/mol. The molecule has 2 rings (SSSR count). The van der Waals surface area contributed by atoms with Crippen molar-refractivity contribution in [2.45, 2.75) is 49.6 Å². The molecule has 0 radical (unpaired) electrons. The van der Waals surface area contributed by atoms with E-state index in [4.69, 9.17) is 0 Å². The van der Waals surface area contributed by atoms with Crippen LogP contribution in [0.3, 0.4) is 0 Å². The number of amides is 1. The minimum atomic E-state index is -8.08. The van der Waals surface area contributed by atoms with Crippen molar-refractivity contribution < 1.29 is 61.9 Å². The van der Waals surface area contributed by atoms with Crippen molar-refractivity contribution in [2.24, 2.45) is 0 Å². The molecule has 1 aromatic carbocycles. The number of hydrogen-bond donors (Lipinski definition) is 1. The lowest BCUT2D eigenvalue weighted by Crippen LogP contribution is -2.71. The van der Waals surface area contributed by atoms with Gasteiger partial charge in [-0.25, -0.2) is 4.98 Å². The fraction of sp³-hybridized carbons (Fsp3) is 0.444. The van der Waals surface area contributed by atoms with Crippen molar-refractivity contribution in [3.05, 3.63) is 34.7 Å². The first-order chi connectivity index (χ1) is 15.5. The van der Waals surface area contributed by atoms with E-state index in [1.54, 1.807) is 19.1 Å². The van der Waals surface area contributed by atoms with Gasteiger partial charge in [-0.05, 0) is 13.8 Å². The molecule has 0 saturated carbocycles. The number of aryl methyl sites for hydroxylation is 2. The third-order valence-electron chi connectivity index (χ3n) is 4.56. The monoisotopic (exact) mass is 550 g/mol. The van der Waals surface area contributed by atoms with Crippen LogP contribution < -0.4 is 5.32 Å². The molecule has 0 aliphatic heterocycles. The molecule has 0 fully saturated rings. The molecular weight excluding hydrogens is 539 g/mol. The topological polar surface area (TPSA) is 42.0 Å². The van der Waals surface area contributed by atoms with Crippen molar-refractivity contribution in [3.8, 4) is 11.3 Å². The zero-order valence-electron chi connectivity index (χ0n) is 17.0. The van der Waals surface area contributed by atoms with Crippen LogP contribution in [0, 0.1) is 13.8 Å². The number of benzene rings is 1. The van der Waals surface area contributed by atoms with Crippen molar-refractivity contribution in [3.63, 3.8) is 0 Å². The fourth-order valence-corrected chi connectivity index (χ4v) is 3.35. The summed E-state index contributed by atoms with van der Waals surface area (Å²) in [5, 5.41) is 0.0656. The Morgan fingerprint density at radius 2 is 1.20 bits per heavy atom. The van der Waals surface area contributed by atoms with Crippen LogP contribution in [0.15, 0.2) is 24.3 Å². The van der Waals surface area contributed by atoms with E-state index in [0.29, 0.717) is 16.9 Å². The number of halogens is 13. The van der Waals surface area contributed by atoms with Gasteiger partial charge in [0.2, 0.25) is 0 Å². The predicted octanol–water partition coefficient (Wildman–Crippen LogP) is 7.10.